The lowest BCUT2D eigenvalue weighted by Crippen LogP contribution is -2.30. The summed E-state index contributed by atoms with van der Waals surface area (Å²) in [6, 6.07) is 0. The van der Waals surface area contributed by atoms with Crippen LogP contribution in [0.1, 0.15) is 374 Å². The number of hydrogen-bond donors (Lipinski definition) is 0. The van der Waals surface area contributed by atoms with Crippen molar-refractivity contribution in [1.29, 1.82) is 0 Å². The minimum atomic E-state index is -0.789. The Bertz CT molecular complexity index is 1500. The molecule has 0 aromatic heterocycles. The quantitative estimate of drug-likeness (QED) is 0.0261. The number of allylic oxidation sites excluding steroid dienone is 12. The van der Waals surface area contributed by atoms with Gasteiger partial charge in [-0.15, -0.1) is 0 Å². The summed E-state index contributed by atoms with van der Waals surface area (Å²) in [6.07, 6.45) is 92.4. The van der Waals surface area contributed by atoms with E-state index >= 15 is 0 Å². The zero-order chi connectivity index (χ0) is 59.2. The van der Waals surface area contributed by atoms with Crippen molar-refractivity contribution in [2.45, 2.75) is 380 Å². The molecular formula is C76H136O6. The van der Waals surface area contributed by atoms with Gasteiger partial charge in [0.2, 0.25) is 0 Å². The van der Waals surface area contributed by atoms with Crippen molar-refractivity contribution in [2.75, 3.05) is 13.2 Å². The molecule has 1 unspecified atom stereocenters. The van der Waals surface area contributed by atoms with Crippen molar-refractivity contribution in [3.05, 3.63) is 72.9 Å². The van der Waals surface area contributed by atoms with Crippen LogP contribution in [0.3, 0.4) is 0 Å². The van der Waals surface area contributed by atoms with E-state index in [0.29, 0.717) is 19.3 Å². The highest BCUT2D eigenvalue weighted by Crippen LogP contribution is 2.19. The lowest BCUT2D eigenvalue weighted by Gasteiger charge is -2.18. The van der Waals surface area contributed by atoms with Crippen LogP contribution in [0.2, 0.25) is 0 Å². The molecule has 0 aromatic carbocycles. The Balaban J connectivity index is 4.17. The van der Waals surface area contributed by atoms with Crippen LogP contribution in [0.15, 0.2) is 72.9 Å². The van der Waals surface area contributed by atoms with Crippen molar-refractivity contribution in [3.63, 3.8) is 0 Å². The molecule has 0 rings (SSSR count). The van der Waals surface area contributed by atoms with Gasteiger partial charge in [-0.3, -0.25) is 14.4 Å². The van der Waals surface area contributed by atoms with E-state index in [9.17, 15) is 14.4 Å². The molecule has 0 amide bonds. The Kier molecular flexibility index (Phi) is 67.6. The molecule has 476 valence electrons. The maximum absolute atomic E-state index is 12.9. The van der Waals surface area contributed by atoms with Gasteiger partial charge in [0, 0.05) is 19.3 Å². The van der Waals surface area contributed by atoms with E-state index in [1.165, 1.54) is 212 Å². The number of carbonyl (C=O) groups excluding carboxylic acids is 3. The van der Waals surface area contributed by atoms with E-state index in [1.807, 2.05) is 0 Å². The summed E-state index contributed by atoms with van der Waals surface area (Å²) in [6.45, 7) is 6.45. The lowest BCUT2D eigenvalue weighted by atomic mass is 10.0. The molecule has 0 aromatic rings. The van der Waals surface area contributed by atoms with Crippen molar-refractivity contribution in [3.8, 4) is 0 Å². The summed E-state index contributed by atoms with van der Waals surface area (Å²) < 4.78 is 17.0. The number of rotatable bonds is 66. The van der Waals surface area contributed by atoms with Gasteiger partial charge in [-0.25, -0.2) is 0 Å². The van der Waals surface area contributed by atoms with Crippen LogP contribution >= 0.6 is 0 Å². The zero-order valence-corrected chi connectivity index (χ0v) is 54.8. The van der Waals surface area contributed by atoms with Gasteiger partial charge in [0.1, 0.15) is 13.2 Å². The second-order valence-corrected chi connectivity index (χ2v) is 24.1. The third-order valence-electron chi connectivity index (χ3n) is 16.0. The van der Waals surface area contributed by atoms with Gasteiger partial charge in [-0.1, -0.05) is 344 Å². The fourth-order valence-corrected chi connectivity index (χ4v) is 10.7. The van der Waals surface area contributed by atoms with Crippen molar-refractivity contribution >= 4 is 17.9 Å². The molecule has 0 N–H and O–H groups in total. The highest BCUT2D eigenvalue weighted by molar-refractivity contribution is 5.71. The number of hydrogen-bond acceptors (Lipinski definition) is 6. The standard InChI is InChI=1S/C76H136O6/c1-4-7-10-13-16-19-22-25-28-30-31-32-33-34-35-36-37-38-39-40-41-42-43-44-46-48-51-54-57-60-63-66-69-75(78)81-72-73(71-80-74(77)68-65-62-59-56-53-50-47-27-24-21-18-15-12-9-6-3)82-76(79)70-67-64-61-58-55-52-49-45-29-26-23-20-17-14-11-8-5-2/h8-9,11-12,17-18,20-21,26-27,29,47,73H,4-7,10,13-16,19,22-25,28,30-46,48-72H2,1-3H3/b11-8-,12-9-,20-17-,21-18-,29-26-,47-27-. The molecule has 0 fully saturated rings. The van der Waals surface area contributed by atoms with Gasteiger partial charge in [0.15, 0.2) is 6.10 Å². The Labute approximate surface area is 510 Å². The molecule has 0 aliphatic rings. The third kappa shape index (κ3) is 67.6. The topological polar surface area (TPSA) is 78.9 Å². The number of ether oxygens (including phenoxy) is 3. The molecular weight excluding hydrogens is 1010 g/mol. The van der Waals surface area contributed by atoms with E-state index in [2.05, 4.69) is 93.7 Å². The monoisotopic (exact) mass is 1150 g/mol. The second kappa shape index (κ2) is 70.3. The molecule has 0 heterocycles. The van der Waals surface area contributed by atoms with E-state index < -0.39 is 6.10 Å². The lowest BCUT2D eigenvalue weighted by molar-refractivity contribution is -0.167. The summed E-state index contributed by atoms with van der Waals surface area (Å²) in [7, 11) is 0. The van der Waals surface area contributed by atoms with E-state index in [0.717, 1.165) is 122 Å². The molecule has 0 saturated heterocycles. The fraction of sp³-hybridized carbons (Fsp3) is 0.803. The molecule has 6 heteroatoms. The Morgan fingerprint density at radius 3 is 0.744 bits per heavy atom. The van der Waals surface area contributed by atoms with Gasteiger partial charge >= 0.3 is 17.9 Å². The first-order chi connectivity index (χ1) is 40.5. The van der Waals surface area contributed by atoms with E-state index in [4.69, 9.17) is 14.2 Å². The molecule has 82 heavy (non-hydrogen) atoms. The van der Waals surface area contributed by atoms with Crippen molar-refractivity contribution in [1.82, 2.24) is 0 Å². The van der Waals surface area contributed by atoms with Crippen LogP contribution in [-0.2, 0) is 28.6 Å². The molecule has 0 bridgehead atoms. The van der Waals surface area contributed by atoms with Gasteiger partial charge in [-0.05, 0) is 83.5 Å². The Hall–Kier alpha value is -3.15. The number of carbonyl (C=O) groups is 3. The molecule has 1 atom stereocenters. The van der Waals surface area contributed by atoms with Crippen molar-refractivity contribution < 1.29 is 28.6 Å². The van der Waals surface area contributed by atoms with Crippen LogP contribution in [0.4, 0.5) is 0 Å². The molecule has 0 saturated carbocycles. The van der Waals surface area contributed by atoms with E-state index in [1.54, 1.807) is 0 Å². The summed E-state index contributed by atoms with van der Waals surface area (Å²) in [5.74, 6) is -0.891. The van der Waals surface area contributed by atoms with Crippen LogP contribution in [0.25, 0.3) is 0 Å². The number of esters is 3. The smallest absolute Gasteiger partial charge is 0.306 e. The van der Waals surface area contributed by atoms with Crippen LogP contribution < -0.4 is 0 Å². The van der Waals surface area contributed by atoms with Gasteiger partial charge in [0.25, 0.3) is 0 Å². The maximum atomic E-state index is 12.9. The minimum Gasteiger partial charge on any atom is -0.462 e. The van der Waals surface area contributed by atoms with Gasteiger partial charge < -0.3 is 14.2 Å². The third-order valence-corrected chi connectivity index (χ3v) is 16.0. The molecule has 0 radical (unpaired) electrons. The predicted octanol–water partition coefficient (Wildman–Crippen LogP) is 24.8. The second-order valence-electron chi connectivity index (χ2n) is 24.1. The number of unbranched alkanes of at least 4 members (excludes halogenated alkanes) is 43. The summed E-state index contributed by atoms with van der Waals surface area (Å²) in [5, 5.41) is 0. The highest BCUT2D eigenvalue weighted by Gasteiger charge is 2.19. The first-order valence-corrected chi connectivity index (χ1v) is 35.9. The van der Waals surface area contributed by atoms with E-state index in [-0.39, 0.29) is 31.1 Å². The van der Waals surface area contributed by atoms with Gasteiger partial charge in [-0.2, -0.15) is 0 Å². The predicted molar refractivity (Wildman–Crippen MR) is 358 cm³/mol. The molecule has 0 aliphatic carbocycles. The first-order valence-electron chi connectivity index (χ1n) is 35.9. The van der Waals surface area contributed by atoms with Crippen LogP contribution in [0.5, 0.6) is 0 Å². The zero-order valence-electron chi connectivity index (χ0n) is 54.8. The van der Waals surface area contributed by atoms with Crippen LogP contribution in [-0.4, -0.2) is 37.2 Å². The summed E-state index contributed by atoms with van der Waals surface area (Å²) in [5.41, 5.74) is 0. The fourth-order valence-electron chi connectivity index (χ4n) is 10.7. The van der Waals surface area contributed by atoms with Gasteiger partial charge in [0.05, 0.1) is 0 Å². The molecule has 0 spiro atoms. The highest BCUT2D eigenvalue weighted by atomic mass is 16.6. The average molecular weight is 1150 g/mol. The van der Waals surface area contributed by atoms with Crippen LogP contribution in [0, 0.1) is 0 Å². The maximum Gasteiger partial charge on any atom is 0.306 e. The molecule has 6 nitrogen and oxygen atoms in total. The largest absolute Gasteiger partial charge is 0.462 e. The average Bonchev–Trinajstić information content (AvgIpc) is 3.47. The Morgan fingerprint density at radius 2 is 0.476 bits per heavy atom. The Morgan fingerprint density at radius 1 is 0.256 bits per heavy atom. The first kappa shape index (κ1) is 78.8. The normalized spacial score (nSPS) is 12.5. The minimum absolute atomic E-state index is 0.0823. The molecule has 0 aliphatic heterocycles. The summed E-state index contributed by atoms with van der Waals surface area (Å²) >= 11 is 0. The SMILES string of the molecule is CC/C=C\C/C=C\C/C=C\CCCCCCCCCC(=O)OC(COC(=O)CCCCCCC/C=C\C/C=C\C/C=C\CC)COC(=O)CCCCCCCCCCCCCCCCCCCCCCCCCCCCCCCCCC. The summed E-state index contributed by atoms with van der Waals surface area (Å²) in [4.78, 5) is 38.4. The van der Waals surface area contributed by atoms with Crippen molar-refractivity contribution in [2.24, 2.45) is 0 Å².